The normalized spacial score (nSPS) is 34.0. The van der Waals surface area contributed by atoms with Gasteiger partial charge in [-0.15, -0.1) is 0 Å². The Bertz CT molecular complexity index is 803. The fraction of sp³-hybridized carbons (Fsp3) is 0.429. The van der Waals surface area contributed by atoms with Crippen LogP contribution in [-0.4, -0.2) is 4.57 Å². The summed E-state index contributed by atoms with van der Waals surface area (Å²) in [5, 5.41) is 2.84. The lowest BCUT2D eigenvalue weighted by molar-refractivity contribution is 0.198. The number of hydrogen-bond acceptors (Lipinski definition) is 0. The van der Waals surface area contributed by atoms with E-state index in [4.69, 9.17) is 0 Å². The lowest BCUT2D eigenvalue weighted by atomic mass is 9.79. The van der Waals surface area contributed by atoms with Crippen LogP contribution in [0.2, 0.25) is 0 Å². The highest BCUT2D eigenvalue weighted by Gasteiger charge is 2.49. The first-order valence-corrected chi connectivity index (χ1v) is 8.73. The average Bonchev–Trinajstić information content (AvgIpc) is 3.19. The molecule has 0 amide bonds. The van der Waals surface area contributed by atoms with E-state index in [9.17, 15) is 0 Å². The summed E-state index contributed by atoms with van der Waals surface area (Å²) in [7, 11) is 0. The molecular weight excluding hydrogens is 266 g/mol. The summed E-state index contributed by atoms with van der Waals surface area (Å²) in [4.78, 5) is 0. The van der Waals surface area contributed by atoms with E-state index >= 15 is 0 Å². The molecule has 0 aliphatic heterocycles. The first-order chi connectivity index (χ1) is 10.8. The van der Waals surface area contributed by atoms with Gasteiger partial charge in [-0.1, -0.05) is 50.2 Å². The van der Waals surface area contributed by atoms with E-state index in [0.717, 1.165) is 23.7 Å². The van der Waals surface area contributed by atoms with E-state index in [0.29, 0.717) is 6.04 Å². The van der Waals surface area contributed by atoms with Crippen LogP contribution in [-0.2, 0) is 0 Å². The van der Waals surface area contributed by atoms with Crippen molar-refractivity contribution in [3.63, 3.8) is 0 Å². The van der Waals surface area contributed by atoms with Crippen LogP contribution in [0.5, 0.6) is 0 Å². The Labute approximate surface area is 131 Å². The van der Waals surface area contributed by atoms with E-state index in [2.05, 4.69) is 66.9 Å². The molecule has 2 aromatic carbocycles. The van der Waals surface area contributed by atoms with Crippen molar-refractivity contribution in [1.82, 2.24) is 4.57 Å². The average molecular weight is 289 g/mol. The molecule has 22 heavy (non-hydrogen) atoms. The number of rotatable bonds is 1. The maximum atomic E-state index is 2.68. The Morgan fingerprint density at radius 2 is 1.36 bits per heavy atom. The number of fused-ring (bicyclic) bond motifs is 5. The van der Waals surface area contributed by atoms with Gasteiger partial charge in [0.15, 0.2) is 0 Å². The van der Waals surface area contributed by atoms with E-state index in [-0.39, 0.29) is 0 Å². The number of benzene rings is 2. The van der Waals surface area contributed by atoms with Crippen LogP contribution in [0, 0.1) is 23.7 Å². The molecule has 2 aliphatic carbocycles. The summed E-state index contributed by atoms with van der Waals surface area (Å²) in [5.74, 6) is 3.57. The van der Waals surface area contributed by atoms with Gasteiger partial charge in [-0.3, -0.25) is 0 Å². The van der Waals surface area contributed by atoms with Crippen molar-refractivity contribution in [2.24, 2.45) is 23.7 Å². The standard InChI is InChI=1S/C21H23N/c1-13-14(2)18-11-15(13)12-21(18)22-19-9-5-3-7-16(19)17-8-4-6-10-20(17)22/h3-10,13-15,18,21H,11-12H2,1-2H3/t13?,14?,15-,18+,21?/m1/s1. The highest BCUT2D eigenvalue weighted by molar-refractivity contribution is 6.08. The van der Waals surface area contributed by atoms with Gasteiger partial charge in [0.2, 0.25) is 0 Å². The molecule has 0 saturated heterocycles. The molecule has 2 aliphatic rings. The Kier molecular flexibility index (Phi) is 2.54. The number of para-hydroxylation sites is 2. The SMILES string of the molecule is CC1C(C)[C@@H]2C[C@@H]1CC2n1c2ccccc2c2ccccc21. The van der Waals surface area contributed by atoms with Crippen LogP contribution in [0.15, 0.2) is 48.5 Å². The third-order valence-electron chi connectivity index (χ3n) is 6.81. The minimum atomic E-state index is 0.695. The van der Waals surface area contributed by atoms with Gasteiger partial charge in [-0.25, -0.2) is 0 Å². The third-order valence-corrected chi connectivity index (χ3v) is 6.81. The molecule has 2 saturated carbocycles. The molecule has 1 heterocycles. The largest absolute Gasteiger partial charge is 0.337 e. The highest BCUT2D eigenvalue weighted by atomic mass is 15.0. The van der Waals surface area contributed by atoms with Crippen LogP contribution in [0.3, 0.4) is 0 Å². The quantitative estimate of drug-likeness (QED) is 0.545. The number of nitrogens with zero attached hydrogens (tertiary/aromatic N) is 1. The van der Waals surface area contributed by atoms with Crippen molar-refractivity contribution in [3.05, 3.63) is 48.5 Å². The van der Waals surface area contributed by atoms with Crippen LogP contribution in [0.1, 0.15) is 32.7 Å². The van der Waals surface area contributed by atoms with Gasteiger partial charge in [-0.05, 0) is 48.6 Å². The number of aromatic nitrogens is 1. The highest BCUT2D eigenvalue weighted by Crippen LogP contribution is 2.58. The molecule has 1 nitrogen and oxygen atoms in total. The number of hydrogen-bond donors (Lipinski definition) is 0. The monoisotopic (exact) mass is 289 g/mol. The Morgan fingerprint density at radius 1 is 0.773 bits per heavy atom. The molecule has 1 aromatic heterocycles. The lowest BCUT2D eigenvalue weighted by Crippen LogP contribution is -2.26. The first-order valence-electron chi connectivity index (χ1n) is 8.73. The zero-order valence-electron chi connectivity index (χ0n) is 13.4. The fourth-order valence-electron chi connectivity index (χ4n) is 5.51. The van der Waals surface area contributed by atoms with Gasteiger partial charge in [0, 0.05) is 27.8 Å². The molecule has 0 N–H and O–H groups in total. The smallest absolute Gasteiger partial charge is 0.0494 e. The third kappa shape index (κ3) is 1.49. The Morgan fingerprint density at radius 3 is 1.91 bits per heavy atom. The van der Waals surface area contributed by atoms with Crippen molar-refractivity contribution >= 4 is 21.8 Å². The molecule has 2 bridgehead atoms. The van der Waals surface area contributed by atoms with Gasteiger partial charge in [-0.2, -0.15) is 0 Å². The molecule has 1 heteroatoms. The zero-order valence-corrected chi connectivity index (χ0v) is 13.4. The summed E-state index contributed by atoms with van der Waals surface area (Å²) in [6.07, 6.45) is 2.81. The Balaban J connectivity index is 1.77. The van der Waals surface area contributed by atoms with Crippen LogP contribution in [0.4, 0.5) is 0 Å². The first kappa shape index (κ1) is 12.8. The molecule has 3 aromatic rings. The van der Waals surface area contributed by atoms with Gasteiger partial charge in [0.05, 0.1) is 0 Å². The maximum absolute atomic E-state index is 2.68. The molecule has 5 rings (SSSR count). The van der Waals surface area contributed by atoms with Crippen molar-refractivity contribution in [2.45, 2.75) is 32.7 Å². The zero-order chi connectivity index (χ0) is 14.8. The summed E-state index contributed by atoms with van der Waals surface area (Å²) >= 11 is 0. The second-order valence-corrected chi connectivity index (χ2v) is 7.59. The van der Waals surface area contributed by atoms with Crippen molar-refractivity contribution in [1.29, 1.82) is 0 Å². The van der Waals surface area contributed by atoms with E-state index < -0.39 is 0 Å². The van der Waals surface area contributed by atoms with Crippen molar-refractivity contribution < 1.29 is 0 Å². The second kappa shape index (κ2) is 4.38. The van der Waals surface area contributed by atoms with E-state index in [1.165, 1.54) is 34.6 Å². The molecule has 3 unspecified atom stereocenters. The summed E-state index contributed by atoms with van der Waals surface area (Å²) < 4.78 is 2.68. The van der Waals surface area contributed by atoms with Crippen LogP contribution in [0.25, 0.3) is 21.8 Å². The van der Waals surface area contributed by atoms with Gasteiger partial charge in [0.25, 0.3) is 0 Å². The minimum Gasteiger partial charge on any atom is -0.337 e. The molecule has 0 radical (unpaired) electrons. The predicted molar refractivity (Wildman–Crippen MR) is 93.0 cm³/mol. The van der Waals surface area contributed by atoms with Gasteiger partial charge >= 0.3 is 0 Å². The molecule has 2 fully saturated rings. The minimum absolute atomic E-state index is 0.695. The van der Waals surface area contributed by atoms with Crippen LogP contribution >= 0.6 is 0 Å². The summed E-state index contributed by atoms with van der Waals surface area (Å²) in [6.45, 7) is 4.95. The van der Waals surface area contributed by atoms with E-state index in [1.54, 1.807) is 0 Å². The summed E-state index contributed by atoms with van der Waals surface area (Å²) in [5.41, 5.74) is 2.86. The summed E-state index contributed by atoms with van der Waals surface area (Å²) in [6, 6.07) is 18.6. The topological polar surface area (TPSA) is 4.93 Å². The Hall–Kier alpha value is -1.76. The van der Waals surface area contributed by atoms with E-state index in [1.807, 2.05) is 0 Å². The molecule has 0 spiro atoms. The lowest BCUT2D eigenvalue weighted by Gasteiger charge is -2.33. The van der Waals surface area contributed by atoms with Crippen molar-refractivity contribution in [3.8, 4) is 0 Å². The van der Waals surface area contributed by atoms with Crippen molar-refractivity contribution in [2.75, 3.05) is 0 Å². The van der Waals surface area contributed by atoms with Gasteiger partial charge in [0.1, 0.15) is 0 Å². The predicted octanol–water partition coefficient (Wildman–Crippen LogP) is 5.65. The maximum Gasteiger partial charge on any atom is 0.0494 e. The molecule has 5 atom stereocenters. The molecule has 112 valence electrons. The fourth-order valence-corrected chi connectivity index (χ4v) is 5.51. The van der Waals surface area contributed by atoms with Gasteiger partial charge < -0.3 is 4.57 Å². The van der Waals surface area contributed by atoms with Crippen LogP contribution < -0.4 is 0 Å². The molecular formula is C21H23N. The second-order valence-electron chi connectivity index (χ2n) is 7.59.